The molecular formula is C15H15Cl2N3O3S. The van der Waals surface area contributed by atoms with E-state index in [1.165, 1.54) is 0 Å². The van der Waals surface area contributed by atoms with Crippen LogP contribution in [0.25, 0.3) is 0 Å². The zero-order valence-electron chi connectivity index (χ0n) is 12.8. The normalized spacial score (nSPS) is 19.4. The second-order valence-corrected chi connectivity index (χ2v) is 8.74. The molecule has 128 valence electrons. The van der Waals surface area contributed by atoms with Crippen LogP contribution in [0.4, 0.5) is 5.82 Å². The van der Waals surface area contributed by atoms with Crippen LogP contribution in [-0.2, 0) is 9.84 Å². The van der Waals surface area contributed by atoms with Crippen LogP contribution in [0.1, 0.15) is 28.5 Å². The summed E-state index contributed by atoms with van der Waals surface area (Å²) in [6.45, 7) is 1.78. The van der Waals surface area contributed by atoms with Crippen LogP contribution in [0, 0.1) is 6.92 Å². The molecule has 3 rings (SSSR count). The number of benzene rings is 1. The largest absolute Gasteiger partial charge is 0.307 e. The van der Waals surface area contributed by atoms with Crippen molar-refractivity contribution in [2.45, 2.75) is 19.4 Å². The number of halogens is 2. The summed E-state index contributed by atoms with van der Waals surface area (Å²) >= 11 is 12.0. The van der Waals surface area contributed by atoms with Gasteiger partial charge >= 0.3 is 0 Å². The van der Waals surface area contributed by atoms with Gasteiger partial charge in [-0.3, -0.25) is 4.79 Å². The Balaban J connectivity index is 1.88. The Morgan fingerprint density at radius 3 is 2.79 bits per heavy atom. The summed E-state index contributed by atoms with van der Waals surface area (Å²) in [6.07, 6.45) is 0.476. The molecule has 6 nitrogen and oxygen atoms in total. The standard InChI is InChI=1S/C15H15Cl2N3O3S/c1-9-7-13(20(19-9)10-5-6-24(22,23)8-10)18-15(21)11-3-2-4-12(16)14(11)17/h2-4,7,10H,5-6,8H2,1H3,(H,18,21). The molecule has 1 unspecified atom stereocenters. The number of carbonyl (C=O) groups is 1. The molecule has 1 aromatic heterocycles. The number of nitrogens with one attached hydrogen (secondary N) is 1. The lowest BCUT2D eigenvalue weighted by Crippen LogP contribution is -2.19. The molecule has 1 saturated heterocycles. The highest BCUT2D eigenvalue weighted by Gasteiger charge is 2.31. The van der Waals surface area contributed by atoms with Gasteiger partial charge in [0.25, 0.3) is 5.91 Å². The van der Waals surface area contributed by atoms with E-state index in [9.17, 15) is 13.2 Å². The lowest BCUT2D eigenvalue weighted by atomic mass is 10.2. The molecule has 1 amide bonds. The van der Waals surface area contributed by atoms with E-state index in [-0.39, 0.29) is 33.2 Å². The fraction of sp³-hybridized carbons (Fsp3) is 0.333. The molecule has 24 heavy (non-hydrogen) atoms. The first-order valence-corrected chi connectivity index (χ1v) is 9.86. The number of hydrogen-bond acceptors (Lipinski definition) is 4. The molecule has 1 N–H and O–H groups in total. The van der Waals surface area contributed by atoms with Gasteiger partial charge in [0.2, 0.25) is 0 Å². The fourth-order valence-electron chi connectivity index (χ4n) is 2.72. The highest BCUT2D eigenvalue weighted by molar-refractivity contribution is 7.91. The smallest absolute Gasteiger partial charge is 0.258 e. The summed E-state index contributed by atoms with van der Waals surface area (Å²) in [7, 11) is -3.06. The first-order chi connectivity index (χ1) is 11.3. The summed E-state index contributed by atoms with van der Waals surface area (Å²) in [4.78, 5) is 12.5. The fourth-order valence-corrected chi connectivity index (χ4v) is 4.80. The number of rotatable bonds is 3. The van der Waals surface area contributed by atoms with Crippen LogP contribution in [0.15, 0.2) is 24.3 Å². The van der Waals surface area contributed by atoms with Gasteiger partial charge in [0.1, 0.15) is 5.82 Å². The van der Waals surface area contributed by atoms with Crippen molar-refractivity contribution in [1.82, 2.24) is 9.78 Å². The topological polar surface area (TPSA) is 81.1 Å². The molecule has 2 heterocycles. The van der Waals surface area contributed by atoms with Gasteiger partial charge < -0.3 is 5.32 Å². The van der Waals surface area contributed by atoms with Crippen molar-refractivity contribution in [2.24, 2.45) is 0 Å². The number of nitrogens with zero attached hydrogens (tertiary/aromatic N) is 2. The first kappa shape index (κ1) is 17.3. The van der Waals surface area contributed by atoms with E-state index in [1.54, 1.807) is 35.9 Å². The maximum atomic E-state index is 12.5. The summed E-state index contributed by atoms with van der Waals surface area (Å²) in [5.41, 5.74) is 0.931. The zero-order valence-corrected chi connectivity index (χ0v) is 15.1. The molecule has 2 aromatic rings. The first-order valence-electron chi connectivity index (χ1n) is 7.29. The van der Waals surface area contributed by atoms with Crippen LogP contribution >= 0.6 is 23.2 Å². The Bertz CT molecular complexity index is 909. The molecule has 0 spiro atoms. The van der Waals surface area contributed by atoms with Crippen molar-refractivity contribution in [3.63, 3.8) is 0 Å². The molecule has 0 saturated carbocycles. The van der Waals surface area contributed by atoms with E-state index in [0.717, 1.165) is 0 Å². The summed E-state index contributed by atoms with van der Waals surface area (Å²) in [5, 5.41) is 7.52. The van der Waals surface area contributed by atoms with Crippen LogP contribution < -0.4 is 5.32 Å². The maximum Gasteiger partial charge on any atom is 0.258 e. The Labute approximate surface area is 149 Å². The van der Waals surface area contributed by atoms with Gasteiger partial charge in [-0.15, -0.1) is 0 Å². The third kappa shape index (κ3) is 3.43. The van der Waals surface area contributed by atoms with Crippen LogP contribution in [-0.4, -0.2) is 35.6 Å². The number of amides is 1. The highest BCUT2D eigenvalue weighted by Crippen LogP contribution is 2.29. The summed E-state index contributed by atoms with van der Waals surface area (Å²) in [5.74, 6) is 0.166. The summed E-state index contributed by atoms with van der Waals surface area (Å²) < 4.78 is 25.0. The van der Waals surface area contributed by atoms with Crippen LogP contribution in [0.5, 0.6) is 0 Å². The van der Waals surface area contributed by atoms with Gasteiger partial charge in [-0.25, -0.2) is 13.1 Å². The number of anilines is 1. The Hall–Kier alpha value is -1.57. The molecule has 1 aliphatic heterocycles. The number of carbonyl (C=O) groups excluding carboxylic acids is 1. The maximum absolute atomic E-state index is 12.5. The SMILES string of the molecule is Cc1cc(NC(=O)c2cccc(Cl)c2Cl)n(C2CCS(=O)(=O)C2)n1. The van der Waals surface area contributed by atoms with E-state index >= 15 is 0 Å². The molecule has 1 aromatic carbocycles. The lowest BCUT2D eigenvalue weighted by Gasteiger charge is -2.14. The quantitative estimate of drug-likeness (QED) is 0.876. The third-order valence-corrected chi connectivity index (χ3v) is 6.42. The molecule has 0 aliphatic carbocycles. The van der Waals surface area contributed by atoms with Crippen molar-refractivity contribution >= 4 is 44.8 Å². The van der Waals surface area contributed by atoms with Gasteiger partial charge in [-0.2, -0.15) is 5.10 Å². The third-order valence-electron chi connectivity index (χ3n) is 3.85. The molecule has 1 atom stereocenters. The minimum atomic E-state index is -3.06. The Kier molecular flexibility index (Phi) is 4.59. The molecular weight excluding hydrogens is 373 g/mol. The minimum Gasteiger partial charge on any atom is -0.307 e. The van der Waals surface area contributed by atoms with E-state index in [4.69, 9.17) is 23.2 Å². The molecule has 0 radical (unpaired) electrons. The Morgan fingerprint density at radius 1 is 1.38 bits per heavy atom. The number of hydrogen-bond donors (Lipinski definition) is 1. The van der Waals surface area contributed by atoms with Crippen LogP contribution in [0.3, 0.4) is 0 Å². The van der Waals surface area contributed by atoms with E-state index in [0.29, 0.717) is 17.9 Å². The molecule has 1 fully saturated rings. The minimum absolute atomic E-state index is 0.0227. The highest BCUT2D eigenvalue weighted by atomic mass is 35.5. The molecule has 1 aliphatic rings. The average molecular weight is 388 g/mol. The van der Waals surface area contributed by atoms with E-state index in [1.807, 2.05) is 0 Å². The van der Waals surface area contributed by atoms with Gasteiger partial charge in [0.15, 0.2) is 9.84 Å². The van der Waals surface area contributed by atoms with Crippen molar-refractivity contribution in [1.29, 1.82) is 0 Å². The van der Waals surface area contributed by atoms with E-state index < -0.39 is 15.7 Å². The Morgan fingerprint density at radius 2 is 2.12 bits per heavy atom. The number of sulfone groups is 1. The average Bonchev–Trinajstić information content (AvgIpc) is 3.04. The van der Waals surface area contributed by atoms with Crippen LogP contribution in [0.2, 0.25) is 10.0 Å². The summed E-state index contributed by atoms with van der Waals surface area (Å²) in [6, 6.07) is 6.21. The van der Waals surface area contributed by atoms with E-state index in [2.05, 4.69) is 10.4 Å². The number of aryl methyl sites for hydroxylation is 1. The predicted octanol–water partition coefficient (Wildman–Crippen LogP) is 3.11. The van der Waals surface area contributed by atoms with Gasteiger partial charge in [-0.1, -0.05) is 29.3 Å². The van der Waals surface area contributed by atoms with Crippen molar-refractivity contribution in [3.05, 3.63) is 45.6 Å². The van der Waals surface area contributed by atoms with Gasteiger partial charge in [-0.05, 0) is 25.5 Å². The van der Waals surface area contributed by atoms with Crippen molar-refractivity contribution < 1.29 is 13.2 Å². The molecule has 0 bridgehead atoms. The monoisotopic (exact) mass is 387 g/mol. The zero-order chi connectivity index (χ0) is 17.5. The predicted molar refractivity (Wildman–Crippen MR) is 93.7 cm³/mol. The van der Waals surface area contributed by atoms with Crippen molar-refractivity contribution in [2.75, 3.05) is 16.8 Å². The van der Waals surface area contributed by atoms with Gasteiger partial charge in [0.05, 0.1) is 38.9 Å². The second-order valence-electron chi connectivity index (χ2n) is 5.73. The molecule has 9 heteroatoms. The van der Waals surface area contributed by atoms with Gasteiger partial charge in [0, 0.05) is 6.07 Å². The van der Waals surface area contributed by atoms with Crippen molar-refractivity contribution in [3.8, 4) is 0 Å². The second kappa shape index (κ2) is 6.38. The lowest BCUT2D eigenvalue weighted by molar-refractivity contribution is 0.102. The number of aromatic nitrogens is 2.